The number of nitrogens with two attached hydrogens (primary N) is 1. The average molecular weight is 245 g/mol. The molecule has 1 aromatic rings. The summed E-state index contributed by atoms with van der Waals surface area (Å²) in [6.45, 7) is 2.50. The average Bonchev–Trinajstić information content (AvgIpc) is 2.78. The van der Waals surface area contributed by atoms with Gasteiger partial charge in [-0.2, -0.15) is 5.26 Å². The molecule has 1 heterocycles. The molecule has 2 rings (SSSR count). The summed E-state index contributed by atoms with van der Waals surface area (Å²) in [7, 11) is 0. The highest BCUT2D eigenvalue weighted by atomic mass is 16.5. The summed E-state index contributed by atoms with van der Waals surface area (Å²) < 4.78 is 5.36. The predicted octanol–water partition coefficient (Wildman–Crippen LogP) is 1.50. The second kappa shape index (κ2) is 5.07. The Hall–Kier alpha value is -2.06. The van der Waals surface area contributed by atoms with E-state index in [1.165, 1.54) is 0 Å². The number of hydrogen-bond donors (Lipinski definition) is 2. The van der Waals surface area contributed by atoms with Gasteiger partial charge >= 0.3 is 0 Å². The smallest absolute Gasteiger partial charge is 0.230 e. The molecule has 5 nitrogen and oxygen atoms in total. The molecule has 3 N–H and O–H groups in total. The van der Waals surface area contributed by atoms with Gasteiger partial charge in [0.1, 0.15) is 0 Å². The van der Waals surface area contributed by atoms with Crippen LogP contribution in [0.25, 0.3) is 0 Å². The fourth-order valence-electron chi connectivity index (χ4n) is 2.05. The van der Waals surface area contributed by atoms with Gasteiger partial charge in [-0.1, -0.05) is 0 Å². The zero-order valence-corrected chi connectivity index (χ0v) is 10.1. The Labute approximate surface area is 106 Å². The number of rotatable bonds is 2. The molecule has 0 radical (unpaired) electrons. The van der Waals surface area contributed by atoms with Crippen LogP contribution in [-0.2, 0) is 9.53 Å². The van der Waals surface area contributed by atoms with Crippen molar-refractivity contribution in [1.29, 1.82) is 5.26 Å². The lowest BCUT2D eigenvalue weighted by Crippen LogP contribution is -2.28. The van der Waals surface area contributed by atoms with Crippen LogP contribution in [-0.4, -0.2) is 18.6 Å². The van der Waals surface area contributed by atoms with Crippen molar-refractivity contribution in [3.05, 3.63) is 23.8 Å². The first kappa shape index (κ1) is 12.4. The minimum absolute atomic E-state index is 0.0652. The van der Waals surface area contributed by atoms with Crippen molar-refractivity contribution >= 4 is 17.3 Å². The number of carbonyl (C=O) groups is 1. The van der Waals surface area contributed by atoms with E-state index in [9.17, 15) is 4.79 Å². The fourth-order valence-corrected chi connectivity index (χ4v) is 2.05. The summed E-state index contributed by atoms with van der Waals surface area (Å²) in [5.41, 5.74) is 7.19. The van der Waals surface area contributed by atoms with E-state index in [4.69, 9.17) is 15.7 Å². The molecular weight excluding hydrogens is 230 g/mol. The highest BCUT2D eigenvalue weighted by Crippen LogP contribution is 2.25. The number of amides is 1. The Morgan fingerprint density at radius 1 is 1.61 bits per heavy atom. The third kappa shape index (κ3) is 2.44. The first-order valence-electron chi connectivity index (χ1n) is 5.84. The number of nitrogens with one attached hydrogen (secondary N) is 1. The lowest BCUT2D eigenvalue weighted by Gasteiger charge is -2.15. The van der Waals surface area contributed by atoms with Gasteiger partial charge in [0.25, 0.3) is 0 Å². The Kier molecular flexibility index (Phi) is 3.49. The number of nitrogen functional groups attached to an aromatic ring is 1. The third-order valence-corrected chi connectivity index (χ3v) is 3.15. The minimum Gasteiger partial charge on any atom is -0.397 e. The maximum atomic E-state index is 12.0. The van der Waals surface area contributed by atoms with Gasteiger partial charge in [-0.05, 0) is 31.5 Å². The molecule has 94 valence electrons. The van der Waals surface area contributed by atoms with Crippen molar-refractivity contribution in [2.24, 2.45) is 5.92 Å². The number of anilines is 2. The molecule has 1 amide bonds. The van der Waals surface area contributed by atoms with Gasteiger partial charge in [0, 0.05) is 6.61 Å². The molecule has 0 saturated carbocycles. The van der Waals surface area contributed by atoms with Gasteiger partial charge in [0.05, 0.1) is 35.0 Å². The number of nitrogens with zero attached hydrogens (tertiary/aromatic N) is 1. The summed E-state index contributed by atoms with van der Waals surface area (Å²) in [5, 5.41) is 11.5. The fraction of sp³-hybridized carbons (Fsp3) is 0.385. The molecular formula is C13H15N3O2. The standard InChI is InChI=1S/C13H15N3O2/c1-8-10(4-5-18-8)13(17)16-12-3-2-9(7-14)6-11(12)15/h2-3,6,8,10H,4-5,15H2,1H3,(H,16,17). The number of carbonyl (C=O) groups excluding carboxylic acids is 1. The molecule has 1 saturated heterocycles. The SMILES string of the molecule is CC1OCCC1C(=O)Nc1ccc(C#N)cc1N. The normalized spacial score (nSPS) is 22.4. The monoisotopic (exact) mass is 245 g/mol. The van der Waals surface area contributed by atoms with Crippen LogP contribution in [0.15, 0.2) is 18.2 Å². The molecule has 0 bridgehead atoms. The van der Waals surface area contributed by atoms with Crippen molar-refractivity contribution in [2.45, 2.75) is 19.4 Å². The van der Waals surface area contributed by atoms with Gasteiger partial charge in [-0.15, -0.1) is 0 Å². The van der Waals surface area contributed by atoms with Gasteiger partial charge in [0.15, 0.2) is 0 Å². The second-order valence-corrected chi connectivity index (χ2v) is 4.37. The Balaban J connectivity index is 2.10. The number of benzene rings is 1. The summed E-state index contributed by atoms with van der Waals surface area (Å²) in [5.74, 6) is -0.226. The lowest BCUT2D eigenvalue weighted by molar-refractivity contribution is -0.121. The van der Waals surface area contributed by atoms with Crippen LogP contribution in [0.4, 0.5) is 11.4 Å². The van der Waals surface area contributed by atoms with E-state index >= 15 is 0 Å². The van der Waals surface area contributed by atoms with E-state index in [0.29, 0.717) is 23.5 Å². The Morgan fingerprint density at radius 3 is 2.94 bits per heavy atom. The van der Waals surface area contributed by atoms with Crippen molar-refractivity contribution < 1.29 is 9.53 Å². The molecule has 1 aromatic carbocycles. The van der Waals surface area contributed by atoms with E-state index in [1.807, 2.05) is 13.0 Å². The molecule has 2 atom stereocenters. The van der Waals surface area contributed by atoms with Gasteiger partial charge in [-0.25, -0.2) is 0 Å². The molecule has 1 aliphatic heterocycles. The van der Waals surface area contributed by atoms with Crippen LogP contribution in [0.3, 0.4) is 0 Å². The summed E-state index contributed by atoms with van der Waals surface area (Å²) in [6, 6.07) is 6.81. The summed E-state index contributed by atoms with van der Waals surface area (Å²) in [6.07, 6.45) is 0.660. The van der Waals surface area contributed by atoms with Crippen LogP contribution >= 0.6 is 0 Å². The van der Waals surface area contributed by atoms with Gasteiger partial charge < -0.3 is 15.8 Å². The molecule has 0 aromatic heterocycles. The van der Waals surface area contributed by atoms with Crippen molar-refractivity contribution in [1.82, 2.24) is 0 Å². The summed E-state index contributed by atoms with van der Waals surface area (Å²) in [4.78, 5) is 12.0. The van der Waals surface area contributed by atoms with Gasteiger partial charge in [0.2, 0.25) is 5.91 Å². The van der Waals surface area contributed by atoms with E-state index in [0.717, 1.165) is 6.42 Å². The molecule has 0 aliphatic carbocycles. The largest absolute Gasteiger partial charge is 0.397 e. The summed E-state index contributed by atoms with van der Waals surface area (Å²) >= 11 is 0. The predicted molar refractivity (Wildman–Crippen MR) is 67.7 cm³/mol. The van der Waals surface area contributed by atoms with E-state index < -0.39 is 0 Å². The topological polar surface area (TPSA) is 88.1 Å². The van der Waals surface area contributed by atoms with Crippen molar-refractivity contribution in [3.8, 4) is 6.07 Å². The van der Waals surface area contributed by atoms with Crippen LogP contribution in [0.5, 0.6) is 0 Å². The number of ether oxygens (including phenoxy) is 1. The zero-order valence-electron chi connectivity index (χ0n) is 10.1. The molecule has 2 unspecified atom stereocenters. The molecule has 18 heavy (non-hydrogen) atoms. The first-order valence-corrected chi connectivity index (χ1v) is 5.84. The Morgan fingerprint density at radius 2 is 2.39 bits per heavy atom. The quantitative estimate of drug-likeness (QED) is 0.773. The van der Waals surface area contributed by atoms with Crippen LogP contribution in [0.1, 0.15) is 18.9 Å². The maximum absolute atomic E-state index is 12.0. The van der Waals surface area contributed by atoms with E-state index in [1.54, 1.807) is 18.2 Å². The first-order chi connectivity index (χ1) is 8.61. The number of nitriles is 1. The third-order valence-electron chi connectivity index (χ3n) is 3.15. The molecule has 0 spiro atoms. The molecule has 1 aliphatic rings. The minimum atomic E-state index is -0.139. The second-order valence-electron chi connectivity index (χ2n) is 4.37. The molecule has 5 heteroatoms. The lowest BCUT2D eigenvalue weighted by atomic mass is 10.0. The van der Waals surface area contributed by atoms with Crippen molar-refractivity contribution in [3.63, 3.8) is 0 Å². The maximum Gasteiger partial charge on any atom is 0.230 e. The van der Waals surface area contributed by atoms with Gasteiger partial charge in [-0.3, -0.25) is 4.79 Å². The molecule has 1 fully saturated rings. The highest BCUT2D eigenvalue weighted by Gasteiger charge is 2.30. The van der Waals surface area contributed by atoms with Crippen molar-refractivity contribution in [2.75, 3.05) is 17.7 Å². The van der Waals surface area contributed by atoms with E-state index in [2.05, 4.69) is 5.32 Å². The van der Waals surface area contributed by atoms with Crippen LogP contribution in [0.2, 0.25) is 0 Å². The van der Waals surface area contributed by atoms with Crippen LogP contribution in [0, 0.1) is 17.2 Å². The Bertz CT molecular complexity index is 507. The van der Waals surface area contributed by atoms with Crippen LogP contribution < -0.4 is 11.1 Å². The van der Waals surface area contributed by atoms with E-state index in [-0.39, 0.29) is 17.9 Å². The number of hydrogen-bond acceptors (Lipinski definition) is 4. The highest BCUT2D eigenvalue weighted by molar-refractivity contribution is 5.95. The zero-order chi connectivity index (χ0) is 13.1.